The van der Waals surface area contributed by atoms with Crippen molar-refractivity contribution in [1.29, 1.82) is 0 Å². The second-order valence-electron chi connectivity index (χ2n) is 12.0. The Morgan fingerprint density at radius 1 is 0.929 bits per heavy atom. The first-order valence-electron chi connectivity index (χ1n) is 14.1. The number of aliphatic carboxylic acids is 1. The number of carboxylic acids is 1. The molecule has 0 amide bonds. The van der Waals surface area contributed by atoms with E-state index >= 15 is 0 Å². The molecule has 1 saturated carbocycles. The van der Waals surface area contributed by atoms with Crippen LogP contribution in [-0.2, 0) is 23.2 Å². The monoisotopic (exact) mass is 634 g/mol. The van der Waals surface area contributed by atoms with Gasteiger partial charge in [0.1, 0.15) is 18.1 Å². The summed E-state index contributed by atoms with van der Waals surface area (Å²) in [5, 5.41) is 14.2. The highest BCUT2D eigenvalue weighted by Gasteiger charge is 2.55. The number of hydrogen-bond donors (Lipinski definition) is 2. The molecule has 9 heteroatoms. The maximum Gasteiger partial charge on any atom is 0.345 e. The lowest BCUT2D eigenvalue weighted by atomic mass is 9.87. The van der Waals surface area contributed by atoms with E-state index in [1.54, 1.807) is 0 Å². The summed E-state index contributed by atoms with van der Waals surface area (Å²) < 4.78 is 11.7. The lowest BCUT2D eigenvalue weighted by Gasteiger charge is -2.20. The van der Waals surface area contributed by atoms with Crippen molar-refractivity contribution in [3.63, 3.8) is 0 Å². The number of nitrogens with zero attached hydrogens (tertiary/aromatic N) is 1. The summed E-state index contributed by atoms with van der Waals surface area (Å²) in [5.41, 5.74) is 3.40. The normalized spacial score (nSPS) is 20.0. The number of halogens is 3. The first-order chi connectivity index (χ1) is 19.2. The smallest absolute Gasteiger partial charge is 0.345 e. The van der Waals surface area contributed by atoms with Crippen molar-refractivity contribution in [3.8, 4) is 11.5 Å². The van der Waals surface area contributed by atoms with E-state index < -0.39 is 12.1 Å². The van der Waals surface area contributed by atoms with E-state index in [4.69, 9.17) is 21.1 Å². The second-order valence-corrected chi connectivity index (χ2v) is 12.5. The van der Waals surface area contributed by atoms with Crippen LogP contribution in [0.25, 0.3) is 0 Å². The number of hydrogen-bond acceptors (Lipinski definition) is 5. The maximum atomic E-state index is 11.9. The van der Waals surface area contributed by atoms with Gasteiger partial charge in [0.25, 0.3) is 0 Å². The van der Waals surface area contributed by atoms with Crippen molar-refractivity contribution in [2.45, 2.75) is 51.3 Å². The molecule has 1 saturated heterocycles. The van der Waals surface area contributed by atoms with Gasteiger partial charge in [0, 0.05) is 43.7 Å². The minimum atomic E-state index is -0.982. The van der Waals surface area contributed by atoms with Gasteiger partial charge in [-0.1, -0.05) is 68.8 Å². The van der Waals surface area contributed by atoms with Crippen LogP contribution in [-0.4, -0.2) is 54.4 Å². The van der Waals surface area contributed by atoms with Crippen molar-refractivity contribution < 1.29 is 19.4 Å². The van der Waals surface area contributed by atoms with Crippen LogP contribution in [0, 0.1) is 11.8 Å². The van der Waals surface area contributed by atoms with Gasteiger partial charge in [-0.05, 0) is 70.3 Å². The zero-order chi connectivity index (χ0) is 28.3. The van der Waals surface area contributed by atoms with Crippen LogP contribution in [0.3, 0.4) is 0 Å². The third-order valence-corrected chi connectivity index (χ3v) is 8.21. The third-order valence-electron chi connectivity index (χ3n) is 7.96. The van der Waals surface area contributed by atoms with Crippen molar-refractivity contribution in [1.82, 2.24) is 10.2 Å². The SMILES string of the molecule is CC(C)(C)c1ccc(O[C@@H](Cc2ccc(OCCN[C@H]3[C@@H]4CN(Cc5ccc(Cl)cc5)C[C@@H]43)cc2)C(=O)O)cc1.Cl.Cl. The van der Waals surface area contributed by atoms with Crippen LogP contribution in [0.1, 0.15) is 37.5 Å². The average molecular weight is 636 g/mol. The van der Waals surface area contributed by atoms with Crippen molar-refractivity contribution >= 4 is 42.4 Å². The fraction of sp³-hybridized carbons (Fsp3) is 0.424. The molecule has 1 heterocycles. The minimum Gasteiger partial charge on any atom is -0.492 e. The van der Waals surface area contributed by atoms with Crippen LogP contribution >= 0.6 is 36.4 Å². The van der Waals surface area contributed by atoms with E-state index in [1.165, 1.54) is 11.1 Å². The Morgan fingerprint density at radius 2 is 1.50 bits per heavy atom. The lowest BCUT2D eigenvalue weighted by Crippen LogP contribution is -2.33. The standard InChI is InChI=1S/C33H39ClN2O4.2ClH/c1-33(2,3)24-8-14-27(15-9-24)40-30(32(37)38)18-22-6-12-26(13-7-22)39-17-16-35-31-28-20-36(21-29(28)31)19-23-4-10-25(34)11-5-23;;/h4-15,28-31,35H,16-21H2,1-3H3,(H,37,38);2*1H/t28-,29+,30-,31+;;/m0../s1. The van der Waals surface area contributed by atoms with Gasteiger partial charge in [0.05, 0.1) is 0 Å². The zero-order valence-electron chi connectivity index (χ0n) is 24.3. The molecule has 1 aliphatic heterocycles. The number of nitrogens with one attached hydrogen (secondary N) is 1. The van der Waals surface area contributed by atoms with Gasteiger partial charge >= 0.3 is 5.97 Å². The molecule has 0 spiro atoms. The van der Waals surface area contributed by atoms with Gasteiger partial charge in [0.2, 0.25) is 0 Å². The molecule has 0 aromatic heterocycles. The Morgan fingerprint density at radius 3 is 2.07 bits per heavy atom. The number of benzene rings is 3. The van der Waals surface area contributed by atoms with E-state index in [-0.39, 0.29) is 36.6 Å². The molecule has 42 heavy (non-hydrogen) atoms. The van der Waals surface area contributed by atoms with Crippen LogP contribution in [0.15, 0.2) is 72.8 Å². The number of rotatable bonds is 12. The van der Waals surface area contributed by atoms with Gasteiger partial charge in [-0.25, -0.2) is 4.79 Å². The molecule has 0 radical (unpaired) electrons. The predicted molar refractivity (Wildman–Crippen MR) is 173 cm³/mol. The van der Waals surface area contributed by atoms with Crippen molar-refractivity contribution in [2.24, 2.45) is 11.8 Å². The second kappa shape index (κ2) is 14.8. The highest BCUT2D eigenvalue weighted by molar-refractivity contribution is 6.30. The molecule has 2 aliphatic rings. The van der Waals surface area contributed by atoms with Gasteiger partial charge in [-0.2, -0.15) is 0 Å². The summed E-state index contributed by atoms with van der Waals surface area (Å²) in [4.78, 5) is 14.4. The molecule has 3 aromatic rings. The molecule has 0 unspecified atom stereocenters. The average Bonchev–Trinajstić information content (AvgIpc) is 3.37. The summed E-state index contributed by atoms with van der Waals surface area (Å²) in [6.07, 6.45) is -0.686. The molecule has 4 atom stereocenters. The van der Waals surface area contributed by atoms with Gasteiger partial charge in [0.15, 0.2) is 6.10 Å². The molecule has 5 rings (SSSR count). The predicted octanol–water partition coefficient (Wildman–Crippen LogP) is 6.65. The first-order valence-corrected chi connectivity index (χ1v) is 14.5. The Bertz CT molecular complexity index is 1270. The molecule has 6 nitrogen and oxygen atoms in total. The molecular weight excluding hydrogens is 595 g/mol. The van der Waals surface area contributed by atoms with Crippen molar-refractivity contribution in [2.75, 3.05) is 26.2 Å². The van der Waals surface area contributed by atoms with E-state index in [9.17, 15) is 9.90 Å². The van der Waals surface area contributed by atoms with E-state index in [0.717, 1.165) is 54.4 Å². The fourth-order valence-corrected chi connectivity index (χ4v) is 5.73. The number of fused-ring (bicyclic) bond motifs is 1. The summed E-state index contributed by atoms with van der Waals surface area (Å²) in [7, 11) is 0. The minimum absolute atomic E-state index is 0. The number of likely N-dealkylation sites (tertiary alicyclic amines) is 1. The molecule has 0 bridgehead atoms. The van der Waals surface area contributed by atoms with Gasteiger partial charge in [-0.3, -0.25) is 4.90 Å². The summed E-state index contributed by atoms with van der Waals surface area (Å²) in [6.45, 7) is 11.1. The number of carbonyl (C=O) groups is 1. The lowest BCUT2D eigenvalue weighted by molar-refractivity contribution is -0.145. The molecule has 2 N–H and O–H groups in total. The highest BCUT2D eigenvalue weighted by atomic mass is 35.5. The largest absolute Gasteiger partial charge is 0.492 e. The molecular formula is C33H41Cl3N2O4. The molecule has 1 aliphatic carbocycles. The maximum absolute atomic E-state index is 11.9. The van der Waals surface area contributed by atoms with Gasteiger partial charge < -0.3 is 19.9 Å². The number of piperidine rings is 1. The Balaban J connectivity index is 0.00000242. The van der Waals surface area contributed by atoms with E-state index in [1.807, 2.05) is 60.7 Å². The van der Waals surface area contributed by atoms with Crippen LogP contribution in [0.2, 0.25) is 5.02 Å². The zero-order valence-corrected chi connectivity index (χ0v) is 26.7. The first kappa shape index (κ1) is 34.0. The topological polar surface area (TPSA) is 71.0 Å². The summed E-state index contributed by atoms with van der Waals surface area (Å²) in [6, 6.07) is 24.0. The summed E-state index contributed by atoms with van der Waals surface area (Å²) >= 11 is 5.99. The molecule has 228 valence electrons. The fourth-order valence-electron chi connectivity index (χ4n) is 5.60. The molecule has 3 aromatic carbocycles. The number of carboxylic acid groups (broad SMARTS) is 1. The third kappa shape index (κ3) is 9.01. The van der Waals surface area contributed by atoms with Gasteiger partial charge in [-0.15, -0.1) is 24.8 Å². The van der Waals surface area contributed by atoms with E-state index in [0.29, 0.717) is 18.4 Å². The summed E-state index contributed by atoms with van der Waals surface area (Å²) in [5.74, 6) is 1.81. The van der Waals surface area contributed by atoms with E-state index in [2.05, 4.69) is 43.1 Å². The highest BCUT2D eigenvalue weighted by Crippen LogP contribution is 2.45. The van der Waals surface area contributed by atoms with Crippen LogP contribution in [0.5, 0.6) is 11.5 Å². The number of ether oxygens (including phenoxy) is 2. The van der Waals surface area contributed by atoms with Crippen LogP contribution in [0.4, 0.5) is 0 Å². The quantitative estimate of drug-likeness (QED) is 0.217. The Labute approximate surface area is 266 Å². The Kier molecular flexibility index (Phi) is 12.0. The Hall–Kier alpha value is -2.48. The van der Waals surface area contributed by atoms with Crippen molar-refractivity contribution in [3.05, 3.63) is 94.5 Å². The van der Waals surface area contributed by atoms with Crippen LogP contribution < -0.4 is 14.8 Å². The molecule has 2 fully saturated rings.